The van der Waals surface area contributed by atoms with Crippen molar-refractivity contribution >= 4 is 23.7 Å². The first-order valence-corrected chi connectivity index (χ1v) is 4.97. The molecule has 0 spiro atoms. The molecule has 1 aliphatic heterocycles. The number of hydrogen-bond acceptors (Lipinski definition) is 2. The molecule has 1 nitrogen and oxygen atoms in total. The van der Waals surface area contributed by atoms with E-state index in [0.29, 0.717) is 6.04 Å². The first-order valence-electron chi connectivity index (χ1n) is 4.16. The van der Waals surface area contributed by atoms with Crippen LogP contribution in [0, 0.1) is 6.92 Å². The van der Waals surface area contributed by atoms with Gasteiger partial charge in [-0.1, -0.05) is 0 Å². The fraction of sp³-hybridized carbons (Fsp3) is 0.556. The van der Waals surface area contributed by atoms with E-state index in [0.717, 1.165) is 0 Å². The summed E-state index contributed by atoms with van der Waals surface area (Å²) in [6.45, 7) is 3.37. The van der Waals surface area contributed by atoms with Crippen LogP contribution in [0.3, 0.4) is 0 Å². The summed E-state index contributed by atoms with van der Waals surface area (Å²) >= 11 is 1.92. The molecule has 0 radical (unpaired) electrons. The summed E-state index contributed by atoms with van der Waals surface area (Å²) < 4.78 is 0. The van der Waals surface area contributed by atoms with E-state index in [2.05, 4.69) is 24.4 Å². The van der Waals surface area contributed by atoms with Crippen LogP contribution < -0.4 is 5.32 Å². The van der Waals surface area contributed by atoms with Crippen LogP contribution in [0.1, 0.15) is 28.6 Å². The second-order valence-corrected chi connectivity index (χ2v) is 4.42. The molecule has 0 saturated carbocycles. The number of halogens is 1. The quantitative estimate of drug-likeness (QED) is 0.740. The maximum absolute atomic E-state index is 3.50. The molecule has 1 N–H and O–H groups in total. The summed E-state index contributed by atoms with van der Waals surface area (Å²) in [6, 6.07) is 5.12. The zero-order valence-corrected chi connectivity index (χ0v) is 8.80. The topological polar surface area (TPSA) is 12.0 Å². The zero-order chi connectivity index (χ0) is 7.68. The van der Waals surface area contributed by atoms with Crippen LogP contribution >= 0.6 is 23.7 Å². The normalized spacial score (nSPS) is 22.2. The van der Waals surface area contributed by atoms with Gasteiger partial charge in [-0.2, -0.15) is 0 Å². The van der Waals surface area contributed by atoms with Gasteiger partial charge in [0.1, 0.15) is 0 Å². The predicted molar refractivity (Wildman–Crippen MR) is 56.3 cm³/mol. The molecule has 2 rings (SSSR count). The average molecular weight is 204 g/mol. The number of nitrogens with one attached hydrogen (secondary N) is 1. The monoisotopic (exact) mass is 203 g/mol. The lowest BCUT2D eigenvalue weighted by atomic mass is 10.2. The van der Waals surface area contributed by atoms with E-state index in [1.165, 1.54) is 29.1 Å². The predicted octanol–water partition coefficient (Wildman–Crippen LogP) is 2.90. The Kier molecular flexibility index (Phi) is 3.56. The van der Waals surface area contributed by atoms with E-state index in [9.17, 15) is 0 Å². The molecule has 68 valence electrons. The molecule has 1 atom stereocenters. The Balaban J connectivity index is 0.000000720. The average Bonchev–Trinajstić information content (AvgIpc) is 2.55. The molecule has 1 aromatic rings. The maximum Gasteiger partial charge on any atom is 0.0415 e. The first kappa shape index (κ1) is 10.0. The zero-order valence-electron chi connectivity index (χ0n) is 7.17. The van der Waals surface area contributed by atoms with Crippen molar-refractivity contribution in [3.63, 3.8) is 0 Å². The lowest BCUT2D eigenvalue weighted by Gasteiger charge is -2.05. The van der Waals surface area contributed by atoms with Crippen LogP contribution in [0.4, 0.5) is 0 Å². The Morgan fingerprint density at radius 1 is 1.50 bits per heavy atom. The van der Waals surface area contributed by atoms with Gasteiger partial charge >= 0.3 is 0 Å². The van der Waals surface area contributed by atoms with Gasteiger partial charge in [0, 0.05) is 15.8 Å². The Hall–Kier alpha value is -0.0500. The summed E-state index contributed by atoms with van der Waals surface area (Å²) in [5.74, 6) is 0. The third-order valence-corrected chi connectivity index (χ3v) is 3.28. The Morgan fingerprint density at radius 2 is 2.33 bits per heavy atom. The van der Waals surface area contributed by atoms with Crippen LogP contribution in [0.15, 0.2) is 12.1 Å². The summed E-state index contributed by atoms with van der Waals surface area (Å²) in [5, 5.41) is 3.50. The highest BCUT2D eigenvalue weighted by Crippen LogP contribution is 2.28. The summed E-state index contributed by atoms with van der Waals surface area (Å²) in [5.41, 5.74) is 0. The van der Waals surface area contributed by atoms with Gasteiger partial charge in [-0.3, -0.25) is 0 Å². The van der Waals surface area contributed by atoms with Crippen molar-refractivity contribution in [2.24, 2.45) is 0 Å². The lowest BCUT2D eigenvalue weighted by molar-refractivity contribution is 0.660. The molecular formula is C9H14ClNS. The van der Waals surface area contributed by atoms with Gasteiger partial charge in [-0.25, -0.2) is 0 Å². The van der Waals surface area contributed by atoms with Crippen LogP contribution in [0.5, 0.6) is 0 Å². The molecule has 2 heterocycles. The molecular weight excluding hydrogens is 190 g/mol. The minimum Gasteiger partial charge on any atom is -0.309 e. The Bertz CT molecular complexity index is 240. The van der Waals surface area contributed by atoms with Gasteiger partial charge in [0.15, 0.2) is 0 Å². The highest BCUT2D eigenvalue weighted by molar-refractivity contribution is 7.12. The van der Waals surface area contributed by atoms with Crippen LogP contribution in [-0.4, -0.2) is 6.54 Å². The van der Waals surface area contributed by atoms with Gasteiger partial charge in [-0.15, -0.1) is 23.7 Å². The van der Waals surface area contributed by atoms with E-state index >= 15 is 0 Å². The molecule has 1 saturated heterocycles. The van der Waals surface area contributed by atoms with E-state index in [-0.39, 0.29) is 12.4 Å². The van der Waals surface area contributed by atoms with Crippen molar-refractivity contribution in [3.8, 4) is 0 Å². The molecule has 1 fully saturated rings. The number of thiophene rings is 1. The standard InChI is InChI=1S/C9H13NS.ClH/c1-7-4-5-9(11-7)8-3-2-6-10-8;/h4-5,8,10H,2-3,6H2,1H3;1H/t8-;/m1./s1. The molecule has 0 aliphatic carbocycles. The van der Waals surface area contributed by atoms with Gasteiger partial charge in [0.05, 0.1) is 0 Å². The molecule has 0 aromatic carbocycles. The van der Waals surface area contributed by atoms with Gasteiger partial charge in [0.25, 0.3) is 0 Å². The third-order valence-electron chi connectivity index (χ3n) is 2.16. The highest BCUT2D eigenvalue weighted by atomic mass is 35.5. The van der Waals surface area contributed by atoms with Crippen LogP contribution in [-0.2, 0) is 0 Å². The minimum atomic E-state index is 0. The molecule has 12 heavy (non-hydrogen) atoms. The van der Waals surface area contributed by atoms with Crippen LogP contribution in [0.25, 0.3) is 0 Å². The Morgan fingerprint density at radius 3 is 2.83 bits per heavy atom. The third kappa shape index (κ3) is 2.00. The van der Waals surface area contributed by atoms with Gasteiger partial charge < -0.3 is 5.32 Å². The second kappa shape index (κ2) is 4.26. The molecule has 1 aliphatic rings. The van der Waals surface area contributed by atoms with Gasteiger partial charge in [0.2, 0.25) is 0 Å². The van der Waals surface area contributed by atoms with Crippen molar-refractivity contribution in [2.45, 2.75) is 25.8 Å². The molecule has 3 heteroatoms. The van der Waals surface area contributed by atoms with Crippen LogP contribution in [0.2, 0.25) is 0 Å². The summed E-state index contributed by atoms with van der Waals surface area (Å²) in [4.78, 5) is 2.94. The van der Waals surface area contributed by atoms with Gasteiger partial charge in [-0.05, 0) is 38.4 Å². The van der Waals surface area contributed by atoms with E-state index in [4.69, 9.17) is 0 Å². The van der Waals surface area contributed by atoms with E-state index in [1.807, 2.05) is 11.3 Å². The van der Waals surface area contributed by atoms with Crippen molar-refractivity contribution in [2.75, 3.05) is 6.54 Å². The Labute approximate surface area is 83.6 Å². The highest BCUT2D eigenvalue weighted by Gasteiger charge is 2.16. The minimum absolute atomic E-state index is 0. The largest absolute Gasteiger partial charge is 0.309 e. The summed E-state index contributed by atoms with van der Waals surface area (Å²) in [6.07, 6.45) is 2.65. The number of aryl methyl sites for hydroxylation is 1. The number of hydrogen-bond donors (Lipinski definition) is 1. The van der Waals surface area contributed by atoms with Crippen molar-refractivity contribution in [3.05, 3.63) is 21.9 Å². The second-order valence-electron chi connectivity index (χ2n) is 3.10. The maximum atomic E-state index is 3.50. The van der Waals surface area contributed by atoms with Crippen molar-refractivity contribution in [1.29, 1.82) is 0 Å². The lowest BCUT2D eigenvalue weighted by Crippen LogP contribution is -2.11. The van der Waals surface area contributed by atoms with Crippen molar-refractivity contribution in [1.82, 2.24) is 5.32 Å². The smallest absolute Gasteiger partial charge is 0.0415 e. The fourth-order valence-electron chi connectivity index (χ4n) is 1.57. The van der Waals surface area contributed by atoms with Crippen molar-refractivity contribution < 1.29 is 0 Å². The van der Waals surface area contributed by atoms with E-state index < -0.39 is 0 Å². The molecule has 0 unspecified atom stereocenters. The number of rotatable bonds is 1. The molecule has 0 bridgehead atoms. The SMILES string of the molecule is Cc1ccc([C@H]2CCCN2)s1.Cl. The summed E-state index contributed by atoms with van der Waals surface area (Å²) in [7, 11) is 0. The first-order chi connectivity index (χ1) is 5.36. The fourth-order valence-corrected chi connectivity index (χ4v) is 2.56. The molecule has 1 aromatic heterocycles. The van der Waals surface area contributed by atoms with E-state index in [1.54, 1.807) is 0 Å². The molecule has 0 amide bonds.